The Morgan fingerprint density at radius 2 is 2.08 bits per heavy atom. The van der Waals surface area contributed by atoms with Crippen molar-refractivity contribution in [2.24, 2.45) is 0 Å². The van der Waals surface area contributed by atoms with Gasteiger partial charge in [-0.25, -0.2) is 4.79 Å². The number of fused-ring (bicyclic) bond motifs is 3. The highest BCUT2D eigenvalue weighted by molar-refractivity contribution is 5.82. The molecule has 4 heterocycles. The van der Waals surface area contributed by atoms with Gasteiger partial charge in [-0.05, 0) is 48.4 Å². The Balaban J connectivity index is 1.33. The lowest BCUT2D eigenvalue weighted by Crippen LogP contribution is -2.34. The number of anilines is 1. The molecule has 9 heteroatoms. The van der Waals surface area contributed by atoms with E-state index < -0.39 is 0 Å². The predicted molar refractivity (Wildman–Crippen MR) is 139 cm³/mol. The van der Waals surface area contributed by atoms with E-state index in [1.807, 2.05) is 12.3 Å². The third-order valence-electron chi connectivity index (χ3n) is 6.97. The molecule has 4 aromatic rings. The Labute approximate surface area is 208 Å². The van der Waals surface area contributed by atoms with Gasteiger partial charge < -0.3 is 20.8 Å². The maximum absolute atomic E-state index is 12.7. The predicted octanol–water partition coefficient (Wildman–Crippen LogP) is 3.34. The van der Waals surface area contributed by atoms with E-state index in [9.17, 15) is 4.79 Å². The van der Waals surface area contributed by atoms with E-state index in [0.717, 1.165) is 35.3 Å². The zero-order chi connectivity index (χ0) is 24.5. The monoisotopic (exact) mass is 483 g/mol. The quantitative estimate of drug-likeness (QED) is 0.380. The minimum Gasteiger partial charge on any atom is -0.463 e. The summed E-state index contributed by atoms with van der Waals surface area (Å²) >= 11 is 0. The van der Waals surface area contributed by atoms with E-state index in [1.54, 1.807) is 4.57 Å². The Bertz CT molecular complexity index is 1480. The van der Waals surface area contributed by atoms with Crippen molar-refractivity contribution < 1.29 is 4.74 Å². The van der Waals surface area contributed by atoms with Crippen molar-refractivity contribution in [1.29, 1.82) is 0 Å². The highest BCUT2D eigenvalue weighted by Gasteiger charge is 2.17. The van der Waals surface area contributed by atoms with Crippen LogP contribution < -0.4 is 21.5 Å². The van der Waals surface area contributed by atoms with Crippen LogP contribution in [0.2, 0.25) is 0 Å². The molecule has 0 amide bonds. The third kappa shape index (κ3) is 4.49. The number of hydrogen-bond acceptors (Lipinski definition) is 7. The minimum absolute atomic E-state index is 0.174. The van der Waals surface area contributed by atoms with Gasteiger partial charge in [-0.1, -0.05) is 42.8 Å². The van der Waals surface area contributed by atoms with E-state index >= 15 is 0 Å². The molecule has 1 fully saturated rings. The van der Waals surface area contributed by atoms with Crippen LogP contribution in [-0.2, 0) is 19.5 Å². The summed E-state index contributed by atoms with van der Waals surface area (Å²) in [7, 11) is 0. The standard InChI is InChI=1S/C27H29N7O2/c28-24-23-25-33-26(32-24)36-12-3-1-2-5-18-13-17(16-34(25)27(35)31-23)8-11-22(18)19-9-10-21(29-14-19)15-30-20-6-4-7-20/h1-2,8-11,13-14,20,30H,3-7,12,15-16H2,(H,31,35)(H2,28,32,33)/b2-1+. The number of benzene rings is 1. The van der Waals surface area contributed by atoms with Crippen molar-refractivity contribution in [3.8, 4) is 17.1 Å². The first kappa shape index (κ1) is 22.5. The Morgan fingerprint density at radius 1 is 1.17 bits per heavy atom. The van der Waals surface area contributed by atoms with Gasteiger partial charge in [0.15, 0.2) is 11.5 Å². The number of nitrogens with two attached hydrogens (primary N) is 1. The molecule has 0 spiro atoms. The molecule has 184 valence electrons. The van der Waals surface area contributed by atoms with Crippen LogP contribution in [0.15, 0.2) is 53.5 Å². The van der Waals surface area contributed by atoms with Crippen molar-refractivity contribution in [3.05, 3.63) is 76.0 Å². The Hall–Kier alpha value is -3.98. The minimum atomic E-state index is -0.281. The zero-order valence-corrected chi connectivity index (χ0v) is 20.0. The molecule has 4 bridgehead atoms. The summed E-state index contributed by atoms with van der Waals surface area (Å²) < 4.78 is 7.28. The van der Waals surface area contributed by atoms with E-state index in [4.69, 9.17) is 15.5 Å². The van der Waals surface area contributed by atoms with Crippen LogP contribution in [0, 0.1) is 0 Å². The highest BCUT2D eigenvalue weighted by atomic mass is 16.5. The van der Waals surface area contributed by atoms with Gasteiger partial charge in [0.2, 0.25) is 0 Å². The van der Waals surface area contributed by atoms with Gasteiger partial charge in [-0.3, -0.25) is 9.55 Å². The second kappa shape index (κ2) is 9.58. The lowest BCUT2D eigenvalue weighted by atomic mass is 9.93. The summed E-state index contributed by atoms with van der Waals surface area (Å²) in [5, 5.41) is 3.57. The van der Waals surface area contributed by atoms with Gasteiger partial charge in [0.05, 0.1) is 18.8 Å². The molecule has 1 aliphatic carbocycles. The first-order valence-electron chi connectivity index (χ1n) is 12.5. The van der Waals surface area contributed by atoms with Gasteiger partial charge in [-0.2, -0.15) is 9.97 Å². The summed E-state index contributed by atoms with van der Waals surface area (Å²) in [5.41, 5.74) is 12.1. The number of pyridine rings is 1. The van der Waals surface area contributed by atoms with Crippen LogP contribution in [0.5, 0.6) is 6.01 Å². The number of H-pyrrole nitrogens is 1. The normalized spacial score (nSPS) is 16.9. The number of aromatic amines is 1. The molecule has 0 unspecified atom stereocenters. The summed E-state index contributed by atoms with van der Waals surface area (Å²) in [4.78, 5) is 28.9. The van der Waals surface area contributed by atoms with Crippen LogP contribution in [-0.4, -0.2) is 37.2 Å². The highest BCUT2D eigenvalue weighted by Crippen LogP contribution is 2.27. The van der Waals surface area contributed by atoms with Crippen molar-refractivity contribution >= 4 is 17.0 Å². The number of nitrogens with one attached hydrogen (secondary N) is 2. The van der Waals surface area contributed by atoms with Crippen LogP contribution in [0.4, 0.5) is 5.82 Å². The van der Waals surface area contributed by atoms with E-state index in [2.05, 4.69) is 56.7 Å². The number of ether oxygens (including phenoxy) is 1. The molecule has 6 rings (SSSR count). The second-order valence-corrected chi connectivity index (χ2v) is 9.46. The van der Waals surface area contributed by atoms with Crippen LogP contribution in [0.25, 0.3) is 22.3 Å². The van der Waals surface area contributed by atoms with Crippen molar-refractivity contribution in [2.75, 3.05) is 12.3 Å². The first-order valence-corrected chi connectivity index (χ1v) is 12.5. The molecule has 0 radical (unpaired) electrons. The molecule has 36 heavy (non-hydrogen) atoms. The van der Waals surface area contributed by atoms with Gasteiger partial charge in [0.25, 0.3) is 0 Å². The van der Waals surface area contributed by atoms with Crippen LogP contribution in [0.1, 0.15) is 42.5 Å². The van der Waals surface area contributed by atoms with Crippen molar-refractivity contribution in [2.45, 2.75) is 51.2 Å². The lowest BCUT2D eigenvalue weighted by molar-refractivity contribution is 0.300. The summed E-state index contributed by atoms with van der Waals surface area (Å²) in [6, 6.07) is 11.4. The fraction of sp³-hybridized carbons (Fsp3) is 0.333. The number of rotatable bonds is 4. The van der Waals surface area contributed by atoms with E-state index in [0.29, 0.717) is 36.8 Å². The fourth-order valence-corrected chi connectivity index (χ4v) is 4.72. The topological polar surface area (TPSA) is 124 Å². The number of hydrogen-bond donors (Lipinski definition) is 3. The molecule has 3 aromatic heterocycles. The average molecular weight is 484 g/mol. The van der Waals surface area contributed by atoms with Gasteiger partial charge in [0, 0.05) is 24.3 Å². The summed E-state index contributed by atoms with van der Waals surface area (Å²) in [5.74, 6) is 0.198. The molecular formula is C27H29N7O2. The summed E-state index contributed by atoms with van der Waals surface area (Å²) in [6.45, 7) is 1.58. The van der Waals surface area contributed by atoms with Gasteiger partial charge in [-0.15, -0.1) is 0 Å². The van der Waals surface area contributed by atoms with Crippen molar-refractivity contribution in [1.82, 2.24) is 29.8 Å². The molecule has 9 nitrogen and oxygen atoms in total. The molecule has 2 aliphatic rings. The van der Waals surface area contributed by atoms with Gasteiger partial charge >= 0.3 is 11.7 Å². The number of aromatic nitrogens is 5. The molecule has 4 N–H and O–H groups in total. The maximum atomic E-state index is 12.7. The largest absolute Gasteiger partial charge is 0.463 e. The van der Waals surface area contributed by atoms with Crippen molar-refractivity contribution in [3.63, 3.8) is 0 Å². The number of nitrogen functional groups attached to an aromatic ring is 1. The zero-order valence-electron chi connectivity index (χ0n) is 20.0. The molecule has 1 saturated carbocycles. The summed E-state index contributed by atoms with van der Waals surface area (Å²) in [6.07, 6.45) is 11.5. The Morgan fingerprint density at radius 3 is 2.89 bits per heavy atom. The average Bonchev–Trinajstić information content (AvgIpc) is 3.16. The number of allylic oxidation sites excluding steroid dienone is 1. The first-order chi connectivity index (χ1) is 17.6. The van der Waals surface area contributed by atoms with Crippen LogP contribution in [0.3, 0.4) is 0 Å². The van der Waals surface area contributed by atoms with Gasteiger partial charge in [0.1, 0.15) is 5.52 Å². The number of nitrogens with zero attached hydrogens (tertiary/aromatic N) is 4. The second-order valence-electron chi connectivity index (χ2n) is 9.46. The smallest absolute Gasteiger partial charge is 0.328 e. The van der Waals surface area contributed by atoms with E-state index in [-0.39, 0.29) is 17.5 Å². The molecule has 1 aromatic carbocycles. The molecule has 1 aliphatic heterocycles. The molecular weight excluding hydrogens is 454 g/mol. The lowest BCUT2D eigenvalue weighted by Gasteiger charge is -2.26. The third-order valence-corrected chi connectivity index (χ3v) is 6.97. The molecule has 0 saturated heterocycles. The molecule has 0 atom stereocenters. The SMILES string of the molecule is Nc1nc2nc3c1[nH]c(=O)n3Cc1ccc(-c3ccc(CNC4CCC4)nc3)c(c1)C/C=C/CCO2. The Kier molecular flexibility index (Phi) is 5.98. The fourth-order valence-electron chi connectivity index (χ4n) is 4.72. The number of imidazole rings is 1. The maximum Gasteiger partial charge on any atom is 0.328 e. The van der Waals surface area contributed by atoms with E-state index in [1.165, 1.54) is 24.8 Å². The van der Waals surface area contributed by atoms with Crippen LogP contribution >= 0.6 is 0 Å².